The Balaban J connectivity index is 1.11. The van der Waals surface area contributed by atoms with E-state index in [9.17, 15) is 0 Å². The number of hydrogen-bond donors (Lipinski definition) is 0. The van der Waals surface area contributed by atoms with Crippen LogP contribution in [0, 0.1) is 12.3 Å². The summed E-state index contributed by atoms with van der Waals surface area (Å²) in [7, 11) is 0. The van der Waals surface area contributed by atoms with E-state index in [0.29, 0.717) is 12.0 Å². The molecule has 176 valence electrons. The normalized spacial score (nSPS) is 23.3. The van der Waals surface area contributed by atoms with Gasteiger partial charge in [-0.15, -0.1) is 0 Å². The lowest BCUT2D eigenvalue weighted by molar-refractivity contribution is 0.160. The maximum absolute atomic E-state index is 6.11. The standard InChI is InChI=1S/C29H33N3O2/c1-22-3-5-23(6-4-22)29(12-2-13-29)24-7-9-26(10-8-24)34-19-25-11-16-30-27(31-25)32-17-14-28(20-32)15-18-33-21-28/h3-11,16H,2,12-15,17-21H2,1H3. The van der Waals surface area contributed by atoms with Crippen LogP contribution in [0.4, 0.5) is 5.95 Å². The minimum absolute atomic E-state index is 0.158. The molecule has 1 aromatic heterocycles. The Morgan fingerprint density at radius 1 is 0.941 bits per heavy atom. The largest absolute Gasteiger partial charge is 0.487 e. The highest BCUT2D eigenvalue weighted by Crippen LogP contribution is 2.49. The van der Waals surface area contributed by atoms with Crippen molar-refractivity contribution in [3.8, 4) is 5.75 Å². The van der Waals surface area contributed by atoms with Crippen molar-refractivity contribution in [3.63, 3.8) is 0 Å². The topological polar surface area (TPSA) is 47.5 Å². The molecule has 6 rings (SSSR count). The zero-order valence-corrected chi connectivity index (χ0v) is 20.0. The first kappa shape index (κ1) is 21.6. The van der Waals surface area contributed by atoms with Crippen LogP contribution in [0.1, 0.15) is 54.5 Å². The lowest BCUT2D eigenvalue weighted by Crippen LogP contribution is -2.35. The molecule has 1 saturated carbocycles. The van der Waals surface area contributed by atoms with E-state index in [0.717, 1.165) is 56.5 Å². The van der Waals surface area contributed by atoms with E-state index in [2.05, 4.69) is 65.3 Å². The maximum atomic E-state index is 6.11. The van der Waals surface area contributed by atoms with Gasteiger partial charge < -0.3 is 14.4 Å². The molecule has 3 heterocycles. The van der Waals surface area contributed by atoms with E-state index >= 15 is 0 Å². The number of aromatic nitrogens is 2. The van der Waals surface area contributed by atoms with Crippen LogP contribution in [-0.4, -0.2) is 36.3 Å². The molecule has 0 bridgehead atoms. The van der Waals surface area contributed by atoms with E-state index in [1.165, 1.54) is 36.0 Å². The quantitative estimate of drug-likeness (QED) is 0.495. The zero-order chi connectivity index (χ0) is 23.0. The molecular formula is C29H33N3O2. The Morgan fingerprint density at radius 2 is 1.71 bits per heavy atom. The fraction of sp³-hybridized carbons (Fsp3) is 0.448. The lowest BCUT2D eigenvalue weighted by Gasteiger charge is -2.43. The molecule has 1 spiro atoms. The minimum atomic E-state index is 0.158. The lowest BCUT2D eigenvalue weighted by atomic mass is 9.60. The first-order valence-corrected chi connectivity index (χ1v) is 12.6. The van der Waals surface area contributed by atoms with Crippen molar-refractivity contribution in [1.29, 1.82) is 0 Å². The maximum Gasteiger partial charge on any atom is 0.225 e. The van der Waals surface area contributed by atoms with Crippen LogP contribution in [0.5, 0.6) is 5.75 Å². The smallest absolute Gasteiger partial charge is 0.225 e. The summed E-state index contributed by atoms with van der Waals surface area (Å²) < 4.78 is 11.8. The number of rotatable bonds is 6. The van der Waals surface area contributed by atoms with Gasteiger partial charge in [0.1, 0.15) is 12.4 Å². The van der Waals surface area contributed by atoms with Crippen LogP contribution in [0.3, 0.4) is 0 Å². The van der Waals surface area contributed by atoms with Crippen LogP contribution < -0.4 is 9.64 Å². The Morgan fingerprint density at radius 3 is 2.38 bits per heavy atom. The summed E-state index contributed by atoms with van der Waals surface area (Å²) in [6.07, 6.45) is 7.87. The zero-order valence-electron chi connectivity index (χ0n) is 20.0. The van der Waals surface area contributed by atoms with Gasteiger partial charge in [0.2, 0.25) is 5.95 Å². The van der Waals surface area contributed by atoms with Crippen LogP contribution in [-0.2, 0) is 16.8 Å². The highest BCUT2D eigenvalue weighted by Gasteiger charge is 2.42. The van der Waals surface area contributed by atoms with Gasteiger partial charge in [0.25, 0.3) is 0 Å². The highest BCUT2D eigenvalue weighted by atomic mass is 16.5. The fourth-order valence-corrected chi connectivity index (χ4v) is 5.87. The second-order valence-electron chi connectivity index (χ2n) is 10.4. The second kappa shape index (κ2) is 8.70. The van der Waals surface area contributed by atoms with E-state index in [-0.39, 0.29) is 5.41 Å². The Hall–Kier alpha value is -2.92. The van der Waals surface area contributed by atoms with Gasteiger partial charge in [0.15, 0.2) is 0 Å². The first-order chi connectivity index (χ1) is 16.6. The van der Waals surface area contributed by atoms with Gasteiger partial charge in [-0.2, -0.15) is 0 Å². The van der Waals surface area contributed by atoms with E-state index < -0.39 is 0 Å². The molecule has 0 amide bonds. The minimum Gasteiger partial charge on any atom is -0.487 e. The molecule has 5 nitrogen and oxygen atoms in total. The number of ether oxygens (including phenoxy) is 2. The number of nitrogens with zero attached hydrogens (tertiary/aromatic N) is 3. The average Bonchev–Trinajstić information content (AvgIpc) is 3.49. The predicted molar refractivity (Wildman–Crippen MR) is 133 cm³/mol. The number of hydrogen-bond acceptors (Lipinski definition) is 5. The molecular weight excluding hydrogens is 422 g/mol. The molecule has 2 aromatic carbocycles. The molecule has 2 saturated heterocycles. The van der Waals surface area contributed by atoms with Gasteiger partial charge in [-0.25, -0.2) is 9.97 Å². The molecule has 34 heavy (non-hydrogen) atoms. The van der Waals surface area contributed by atoms with Gasteiger partial charge in [-0.1, -0.05) is 48.4 Å². The Kier molecular flexibility index (Phi) is 5.53. The van der Waals surface area contributed by atoms with Gasteiger partial charge in [-0.05, 0) is 61.9 Å². The molecule has 3 fully saturated rings. The highest BCUT2D eigenvalue weighted by molar-refractivity contribution is 5.44. The summed E-state index contributed by atoms with van der Waals surface area (Å²) in [5.74, 6) is 1.69. The second-order valence-corrected chi connectivity index (χ2v) is 10.4. The summed E-state index contributed by atoms with van der Waals surface area (Å²) in [6.45, 7) is 6.33. The predicted octanol–water partition coefficient (Wildman–Crippen LogP) is 5.45. The van der Waals surface area contributed by atoms with E-state index in [4.69, 9.17) is 14.5 Å². The van der Waals surface area contributed by atoms with E-state index in [1.54, 1.807) is 0 Å². The van der Waals surface area contributed by atoms with Crippen LogP contribution in [0.15, 0.2) is 60.8 Å². The molecule has 1 atom stereocenters. The summed E-state index contributed by atoms with van der Waals surface area (Å²) in [6, 6.07) is 19.7. The average molecular weight is 456 g/mol. The van der Waals surface area contributed by atoms with Crippen molar-refractivity contribution in [3.05, 3.63) is 83.2 Å². The third kappa shape index (κ3) is 3.96. The third-order valence-corrected chi connectivity index (χ3v) is 8.21. The van der Waals surface area contributed by atoms with Crippen molar-refractivity contribution in [2.75, 3.05) is 31.2 Å². The van der Waals surface area contributed by atoms with Gasteiger partial charge >= 0.3 is 0 Å². The molecule has 0 radical (unpaired) electrons. The van der Waals surface area contributed by atoms with Crippen molar-refractivity contribution in [2.45, 2.75) is 51.0 Å². The van der Waals surface area contributed by atoms with Crippen molar-refractivity contribution < 1.29 is 9.47 Å². The summed E-state index contributed by atoms with van der Waals surface area (Å²) >= 11 is 0. The van der Waals surface area contributed by atoms with Crippen molar-refractivity contribution in [2.24, 2.45) is 5.41 Å². The summed E-state index contributed by atoms with van der Waals surface area (Å²) in [5.41, 5.74) is 5.50. The molecule has 3 aromatic rings. The summed E-state index contributed by atoms with van der Waals surface area (Å²) in [4.78, 5) is 11.6. The van der Waals surface area contributed by atoms with Crippen LogP contribution >= 0.6 is 0 Å². The SMILES string of the molecule is Cc1ccc(C2(c3ccc(OCc4ccnc(N5CCC6(CCOC6)C5)n4)cc3)CCC2)cc1. The number of anilines is 1. The summed E-state index contributed by atoms with van der Waals surface area (Å²) in [5, 5.41) is 0. The fourth-order valence-electron chi connectivity index (χ4n) is 5.87. The Labute approximate surface area is 202 Å². The van der Waals surface area contributed by atoms with Crippen LogP contribution in [0.25, 0.3) is 0 Å². The van der Waals surface area contributed by atoms with Gasteiger partial charge in [0, 0.05) is 36.7 Å². The Bertz CT molecular complexity index is 1130. The van der Waals surface area contributed by atoms with Gasteiger partial charge in [-0.3, -0.25) is 0 Å². The third-order valence-electron chi connectivity index (χ3n) is 8.21. The van der Waals surface area contributed by atoms with Crippen LogP contribution in [0.2, 0.25) is 0 Å². The molecule has 1 unspecified atom stereocenters. The monoisotopic (exact) mass is 455 g/mol. The van der Waals surface area contributed by atoms with E-state index in [1.807, 2.05) is 12.3 Å². The van der Waals surface area contributed by atoms with Gasteiger partial charge in [0.05, 0.1) is 12.3 Å². The molecule has 3 aliphatic rings. The number of aryl methyl sites for hydroxylation is 1. The van der Waals surface area contributed by atoms with Crippen molar-refractivity contribution >= 4 is 5.95 Å². The molecule has 5 heteroatoms. The molecule has 2 aliphatic heterocycles. The van der Waals surface area contributed by atoms with Crippen molar-refractivity contribution in [1.82, 2.24) is 9.97 Å². The first-order valence-electron chi connectivity index (χ1n) is 12.6. The number of benzene rings is 2. The molecule has 1 aliphatic carbocycles. The molecule has 0 N–H and O–H groups in total.